The van der Waals surface area contributed by atoms with Crippen LogP contribution in [0.3, 0.4) is 0 Å². The predicted octanol–water partition coefficient (Wildman–Crippen LogP) is 6.35. The number of hydrogen-bond donors (Lipinski definition) is 1. The first kappa shape index (κ1) is 26.1. The fourth-order valence-corrected chi connectivity index (χ4v) is 4.41. The lowest BCUT2D eigenvalue weighted by Gasteiger charge is -2.32. The van der Waals surface area contributed by atoms with E-state index in [9.17, 15) is 9.59 Å². The normalized spacial score (nSPS) is 11.8. The number of amides is 2. The molecular formula is C27H27Cl3N2O2. The molecule has 0 bridgehead atoms. The van der Waals surface area contributed by atoms with Crippen LogP contribution in [0.5, 0.6) is 0 Å². The molecule has 3 aromatic rings. The molecule has 3 rings (SSSR count). The lowest BCUT2D eigenvalue weighted by Crippen LogP contribution is -2.52. The summed E-state index contributed by atoms with van der Waals surface area (Å²) in [5, 5.41) is 4.33. The van der Waals surface area contributed by atoms with Crippen molar-refractivity contribution in [2.45, 2.75) is 45.3 Å². The summed E-state index contributed by atoms with van der Waals surface area (Å²) in [5.74, 6) is -0.488. The smallest absolute Gasteiger partial charge is 0.243 e. The van der Waals surface area contributed by atoms with Crippen LogP contribution in [0.25, 0.3) is 0 Å². The third-order valence-electron chi connectivity index (χ3n) is 5.39. The van der Waals surface area contributed by atoms with Gasteiger partial charge in [-0.15, -0.1) is 0 Å². The number of carbonyl (C=O) groups excluding carboxylic acids is 2. The van der Waals surface area contributed by atoms with E-state index in [2.05, 4.69) is 5.32 Å². The second-order valence-electron chi connectivity index (χ2n) is 8.36. The fourth-order valence-electron chi connectivity index (χ4n) is 3.69. The average molecular weight is 518 g/mol. The summed E-state index contributed by atoms with van der Waals surface area (Å²) in [6.07, 6.45) is 0.387. The number of benzene rings is 3. The van der Waals surface area contributed by atoms with E-state index in [1.807, 2.05) is 56.3 Å². The molecule has 178 valence electrons. The van der Waals surface area contributed by atoms with Crippen molar-refractivity contribution in [3.8, 4) is 0 Å². The molecule has 1 N–H and O–H groups in total. The van der Waals surface area contributed by atoms with Crippen molar-refractivity contribution in [3.63, 3.8) is 0 Å². The number of hydrogen-bond acceptors (Lipinski definition) is 2. The third kappa shape index (κ3) is 6.99. The molecule has 4 nitrogen and oxygen atoms in total. The van der Waals surface area contributed by atoms with Gasteiger partial charge in [-0.2, -0.15) is 0 Å². The Kier molecular flexibility index (Phi) is 9.40. The topological polar surface area (TPSA) is 49.4 Å². The maximum Gasteiger partial charge on any atom is 0.243 e. The van der Waals surface area contributed by atoms with Crippen LogP contribution in [0.15, 0.2) is 72.8 Å². The van der Waals surface area contributed by atoms with Crippen molar-refractivity contribution in [3.05, 3.63) is 105 Å². The van der Waals surface area contributed by atoms with E-state index in [0.29, 0.717) is 32.6 Å². The van der Waals surface area contributed by atoms with Gasteiger partial charge in [-0.25, -0.2) is 0 Å². The monoisotopic (exact) mass is 516 g/mol. The van der Waals surface area contributed by atoms with Crippen LogP contribution in [0, 0.1) is 0 Å². The summed E-state index contributed by atoms with van der Waals surface area (Å²) < 4.78 is 0. The lowest BCUT2D eigenvalue weighted by molar-refractivity contribution is -0.141. The molecule has 3 aromatic carbocycles. The molecule has 0 aliphatic rings. The number of rotatable bonds is 9. The largest absolute Gasteiger partial charge is 0.352 e. The Bertz CT molecular complexity index is 1120. The number of nitrogens with one attached hydrogen (secondary N) is 1. The van der Waals surface area contributed by atoms with Crippen molar-refractivity contribution in [2.75, 3.05) is 0 Å². The van der Waals surface area contributed by atoms with E-state index in [1.54, 1.807) is 35.2 Å². The molecular weight excluding hydrogens is 491 g/mol. The van der Waals surface area contributed by atoms with Crippen molar-refractivity contribution in [1.29, 1.82) is 0 Å². The minimum atomic E-state index is -0.771. The van der Waals surface area contributed by atoms with Gasteiger partial charge in [0, 0.05) is 39.6 Å². The molecule has 0 aliphatic heterocycles. The molecule has 0 saturated carbocycles. The minimum Gasteiger partial charge on any atom is -0.352 e. The Labute approximate surface area is 215 Å². The molecule has 0 aromatic heterocycles. The van der Waals surface area contributed by atoms with Gasteiger partial charge in [-0.05, 0) is 43.2 Å². The summed E-state index contributed by atoms with van der Waals surface area (Å²) in [5.41, 5.74) is 2.22. The zero-order chi connectivity index (χ0) is 24.7. The van der Waals surface area contributed by atoms with Crippen LogP contribution < -0.4 is 5.32 Å². The zero-order valence-electron chi connectivity index (χ0n) is 19.1. The minimum absolute atomic E-state index is 0.0436. The maximum absolute atomic E-state index is 13.7. The van der Waals surface area contributed by atoms with Crippen molar-refractivity contribution >= 4 is 46.6 Å². The number of halogens is 3. The molecule has 0 unspecified atom stereocenters. The highest BCUT2D eigenvalue weighted by Crippen LogP contribution is 2.28. The summed E-state index contributed by atoms with van der Waals surface area (Å²) in [6.45, 7) is 3.86. The van der Waals surface area contributed by atoms with Crippen molar-refractivity contribution < 1.29 is 9.59 Å². The Morgan fingerprint density at radius 2 is 1.41 bits per heavy atom. The average Bonchev–Trinajstić information content (AvgIpc) is 2.79. The van der Waals surface area contributed by atoms with E-state index in [0.717, 1.165) is 5.56 Å². The van der Waals surface area contributed by atoms with Crippen LogP contribution in [-0.2, 0) is 29.0 Å². The van der Waals surface area contributed by atoms with Crippen LogP contribution in [0.4, 0.5) is 0 Å². The van der Waals surface area contributed by atoms with Crippen LogP contribution >= 0.6 is 34.8 Å². The van der Waals surface area contributed by atoms with Gasteiger partial charge >= 0.3 is 0 Å². The quantitative estimate of drug-likeness (QED) is 0.359. The number of carbonyl (C=O) groups is 2. The molecule has 0 saturated heterocycles. The predicted molar refractivity (Wildman–Crippen MR) is 139 cm³/mol. The van der Waals surface area contributed by atoms with Crippen LogP contribution in [0.2, 0.25) is 15.1 Å². The first-order valence-corrected chi connectivity index (χ1v) is 12.2. The summed E-state index contributed by atoms with van der Waals surface area (Å²) in [4.78, 5) is 28.7. The second-order valence-corrected chi connectivity index (χ2v) is 9.58. The Hall–Kier alpha value is -2.53. The highest BCUT2D eigenvalue weighted by atomic mass is 35.5. The van der Waals surface area contributed by atoms with Gasteiger partial charge in [0.25, 0.3) is 0 Å². The third-order valence-corrected chi connectivity index (χ3v) is 6.47. The second kappa shape index (κ2) is 12.3. The molecule has 7 heteroatoms. The Morgan fingerprint density at radius 1 is 0.824 bits per heavy atom. The van der Waals surface area contributed by atoms with Crippen LogP contribution in [0.1, 0.15) is 30.5 Å². The number of nitrogens with zero attached hydrogens (tertiary/aromatic N) is 1. The van der Waals surface area contributed by atoms with Crippen molar-refractivity contribution in [2.24, 2.45) is 0 Å². The molecule has 1 atom stereocenters. The fraction of sp³-hybridized carbons (Fsp3) is 0.259. The van der Waals surface area contributed by atoms with E-state index < -0.39 is 6.04 Å². The maximum atomic E-state index is 13.7. The van der Waals surface area contributed by atoms with Gasteiger partial charge in [0.1, 0.15) is 6.04 Å². The molecule has 0 aliphatic carbocycles. The van der Waals surface area contributed by atoms with Gasteiger partial charge in [0.15, 0.2) is 0 Å². The van der Waals surface area contributed by atoms with E-state index in [-0.39, 0.29) is 30.8 Å². The van der Waals surface area contributed by atoms with E-state index >= 15 is 0 Å². The highest BCUT2D eigenvalue weighted by molar-refractivity contribution is 6.36. The van der Waals surface area contributed by atoms with Gasteiger partial charge in [0.2, 0.25) is 11.8 Å². The first-order chi connectivity index (χ1) is 16.3. The molecule has 2 amide bonds. The zero-order valence-corrected chi connectivity index (χ0v) is 21.4. The first-order valence-electron chi connectivity index (χ1n) is 11.1. The summed E-state index contributed by atoms with van der Waals surface area (Å²) in [7, 11) is 0. The van der Waals surface area contributed by atoms with E-state index in [4.69, 9.17) is 34.8 Å². The molecule has 34 heavy (non-hydrogen) atoms. The Balaban J connectivity index is 2.03. The SMILES string of the molecule is CC(C)NC(=O)[C@H](Cc1ccccc1)N(Cc1c(Cl)cccc1Cl)C(=O)Cc1ccccc1Cl. The Morgan fingerprint density at radius 3 is 2.03 bits per heavy atom. The molecule has 0 fully saturated rings. The highest BCUT2D eigenvalue weighted by Gasteiger charge is 2.31. The van der Waals surface area contributed by atoms with Gasteiger partial charge in [-0.1, -0.05) is 89.4 Å². The van der Waals surface area contributed by atoms with Crippen LogP contribution in [-0.4, -0.2) is 28.8 Å². The van der Waals surface area contributed by atoms with Crippen molar-refractivity contribution in [1.82, 2.24) is 10.2 Å². The van der Waals surface area contributed by atoms with Gasteiger partial charge in [-0.3, -0.25) is 9.59 Å². The summed E-state index contributed by atoms with van der Waals surface area (Å²) in [6, 6.07) is 21.1. The molecule has 0 radical (unpaired) electrons. The van der Waals surface area contributed by atoms with E-state index in [1.165, 1.54) is 0 Å². The van der Waals surface area contributed by atoms with Gasteiger partial charge < -0.3 is 10.2 Å². The standard InChI is InChI=1S/C27H27Cl3N2O2/c1-18(2)31-27(34)25(15-19-9-4-3-5-10-19)32(17-21-23(29)13-8-14-24(21)30)26(33)16-20-11-6-7-12-22(20)28/h3-14,18,25H,15-17H2,1-2H3,(H,31,34)/t25-/m0/s1. The lowest BCUT2D eigenvalue weighted by atomic mass is 10.0. The molecule has 0 spiro atoms. The van der Waals surface area contributed by atoms with Gasteiger partial charge in [0.05, 0.1) is 6.42 Å². The summed E-state index contributed by atoms with van der Waals surface area (Å²) >= 11 is 19.2. The molecule has 0 heterocycles.